The highest BCUT2D eigenvalue weighted by Gasteiger charge is 2.17. The van der Waals surface area contributed by atoms with Crippen molar-refractivity contribution in [2.24, 2.45) is 0 Å². The molecule has 0 aliphatic carbocycles. The molecule has 23 heavy (non-hydrogen) atoms. The molecule has 0 aromatic heterocycles. The zero-order chi connectivity index (χ0) is 17.2. The Morgan fingerprint density at radius 2 is 1.43 bits per heavy atom. The van der Waals surface area contributed by atoms with Gasteiger partial charge in [-0.15, -0.1) is 0 Å². The van der Waals surface area contributed by atoms with E-state index in [0.29, 0.717) is 13.2 Å². The SMILES string of the molecule is COCCNC(=O)c1cc(C(=O)NCCOC)cc([N+](=O)[O-])c1. The summed E-state index contributed by atoms with van der Waals surface area (Å²) in [4.78, 5) is 34.3. The number of rotatable bonds is 9. The van der Waals surface area contributed by atoms with Crippen molar-refractivity contribution < 1.29 is 24.0 Å². The van der Waals surface area contributed by atoms with Gasteiger partial charge in [0.15, 0.2) is 0 Å². The van der Waals surface area contributed by atoms with Crippen molar-refractivity contribution in [3.8, 4) is 0 Å². The second-order valence-electron chi connectivity index (χ2n) is 4.52. The number of methoxy groups -OCH3 is 2. The first kappa shape index (κ1) is 18.5. The lowest BCUT2D eigenvalue weighted by atomic mass is 10.1. The van der Waals surface area contributed by atoms with Crippen LogP contribution in [0.5, 0.6) is 0 Å². The van der Waals surface area contributed by atoms with Gasteiger partial charge >= 0.3 is 0 Å². The molecule has 0 heterocycles. The van der Waals surface area contributed by atoms with Gasteiger partial charge in [-0.05, 0) is 6.07 Å². The van der Waals surface area contributed by atoms with Crippen molar-refractivity contribution >= 4 is 17.5 Å². The zero-order valence-electron chi connectivity index (χ0n) is 13.0. The van der Waals surface area contributed by atoms with Gasteiger partial charge in [-0.25, -0.2) is 0 Å². The van der Waals surface area contributed by atoms with Crippen LogP contribution in [0, 0.1) is 10.1 Å². The van der Waals surface area contributed by atoms with Crippen LogP contribution in [0.2, 0.25) is 0 Å². The average molecular weight is 325 g/mol. The Morgan fingerprint density at radius 3 is 1.78 bits per heavy atom. The number of ether oxygens (including phenoxy) is 2. The molecule has 9 nitrogen and oxygen atoms in total. The molecular formula is C14H19N3O6. The van der Waals surface area contributed by atoms with Gasteiger partial charge < -0.3 is 20.1 Å². The normalized spacial score (nSPS) is 10.2. The molecule has 0 unspecified atom stereocenters. The fourth-order valence-corrected chi connectivity index (χ4v) is 1.72. The number of non-ortho nitro benzene ring substituents is 1. The van der Waals surface area contributed by atoms with Gasteiger partial charge in [-0.1, -0.05) is 0 Å². The molecule has 0 saturated carbocycles. The molecule has 0 radical (unpaired) electrons. The van der Waals surface area contributed by atoms with Crippen LogP contribution in [-0.4, -0.2) is 57.3 Å². The maximum absolute atomic E-state index is 12.0. The molecule has 0 aliphatic heterocycles. The maximum atomic E-state index is 12.0. The van der Waals surface area contributed by atoms with Crippen LogP contribution < -0.4 is 10.6 Å². The predicted molar refractivity (Wildman–Crippen MR) is 81.5 cm³/mol. The maximum Gasteiger partial charge on any atom is 0.271 e. The van der Waals surface area contributed by atoms with Crippen LogP contribution in [-0.2, 0) is 9.47 Å². The van der Waals surface area contributed by atoms with Crippen molar-refractivity contribution in [3.63, 3.8) is 0 Å². The number of hydrogen-bond acceptors (Lipinski definition) is 6. The largest absolute Gasteiger partial charge is 0.383 e. The van der Waals surface area contributed by atoms with Crippen molar-refractivity contribution in [1.29, 1.82) is 0 Å². The predicted octanol–water partition coefficient (Wildman–Crippen LogP) is 0.347. The number of nitrogens with one attached hydrogen (secondary N) is 2. The van der Waals surface area contributed by atoms with Crippen LogP contribution in [0.25, 0.3) is 0 Å². The lowest BCUT2D eigenvalue weighted by Gasteiger charge is -2.08. The molecule has 1 aromatic rings. The number of carbonyl (C=O) groups excluding carboxylic acids is 2. The number of carbonyl (C=O) groups is 2. The highest BCUT2D eigenvalue weighted by molar-refractivity contribution is 6.00. The van der Waals surface area contributed by atoms with Crippen molar-refractivity contribution in [1.82, 2.24) is 10.6 Å². The molecule has 126 valence electrons. The molecule has 2 N–H and O–H groups in total. The van der Waals surface area contributed by atoms with E-state index in [0.717, 1.165) is 12.1 Å². The summed E-state index contributed by atoms with van der Waals surface area (Å²) >= 11 is 0. The Balaban J connectivity index is 2.95. The van der Waals surface area contributed by atoms with Gasteiger partial charge in [-0.2, -0.15) is 0 Å². The molecule has 0 aliphatic rings. The number of nitro groups is 1. The molecule has 9 heteroatoms. The Kier molecular flexibility index (Phi) is 7.64. The van der Waals surface area contributed by atoms with E-state index in [1.807, 2.05) is 0 Å². The van der Waals surface area contributed by atoms with Gasteiger partial charge in [0.2, 0.25) is 0 Å². The molecule has 1 rings (SSSR count). The number of benzene rings is 1. The van der Waals surface area contributed by atoms with Crippen molar-refractivity contribution in [2.75, 3.05) is 40.5 Å². The number of nitro benzene ring substituents is 1. The minimum Gasteiger partial charge on any atom is -0.383 e. The van der Waals surface area contributed by atoms with E-state index in [-0.39, 0.29) is 29.9 Å². The van der Waals surface area contributed by atoms with E-state index in [2.05, 4.69) is 10.6 Å². The third-order valence-electron chi connectivity index (χ3n) is 2.84. The first-order valence-corrected chi connectivity index (χ1v) is 6.83. The summed E-state index contributed by atoms with van der Waals surface area (Å²) in [6.07, 6.45) is 0. The molecule has 0 atom stereocenters. The van der Waals surface area contributed by atoms with Gasteiger partial charge in [0.1, 0.15) is 0 Å². The molecule has 0 fully saturated rings. The van der Waals surface area contributed by atoms with Gasteiger partial charge in [0.25, 0.3) is 17.5 Å². The van der Waals surface area contributed by atoms with Crippen LogP contribution in [0.3, 0.4) is 0 Å². The van der Waals surface area contributed by atoms with Gasteiger partial charge in [0.05, 0.1) is 18.1 Å². The quantitative estimate of drug-likeness (QED) is 0.384. The Bertz CT molecular complexity index is 535. The summed E-state index contributed by atoms with van der Waals surface area (Å²) < 4.78 is 9.62. The van der Waals surface area contributed by atoms with E-state index >= 15 is 0 Å². The monoisotopic (exact) mass is 325 g/mol. The molecule has 0 saturated heterocycles. The topological polar surface area (TPSA) is 120 Å². The first-order valence-electron chi connectivity index (χ1n) is 6.83. The van der Waals surface area contributed by atoms with Gasteiger partial charge in [0, 0.05) is 50.6 Å². The Morgan fingerprint density at radius 1 is 1.00 bits per heavy atom. The summed E-state index contributed by atoms with van der Waals surface area (Å²) in [5, 5.41) is 16.1. The zero-order valence-corrected chi connectivity index (χ0v) is 13.0. The second kappa shape index (κ2) is 9.49. The molecule has 1 aromatic carbocycles. The third kappa shape index (κ3) is 6.01. The summed E-state index contributed by atoms with van der Waals surface area (Å²) in [6, 6.07) is 3.54. The highest BCUT2D eigenvalue weighted by Crippen LogP contribution is 2.17. The van der Waals surface area contributed by atoms with E-state index in [9.17, 15) is 19.7 Å². The lowest BCUT2D eigenvalue weighted by Crippen LogP contribution is -2.29. The van der Waals surface area contributed by atoms with Crippen molar-refractivity contribution in [2.45, 2.75) is 0 Å². The summed E-state index contributed by atoms with van der Waals surface area (Å²) in [6.45, 7) is 1.14. The highest BCUT2D eigenvalue weighted by atomic mass is 16.6. The van der Waals surface area contributed by atoms with E-state index < -0.39 is 16.7 Å². The number of hydrogen-bond donors (Lipinski definition) is 2. The fourth-order valence-electron chi connectivity index (χ4n) is 1.72. The molecule has 2 amide bonds. The lowest BCUT2D eigenvalue weighted by molar-refractivity contribution is -0.384. The van der Waals surface area contributed by atoms with Crippen LogP contribution in [0.4, 0.5) is 5.69 Å². The fraction of sp³-hybridized carbons (Fsp3) is 0.429. The Labute approximate surface area is 133 Å². The number of amides is 2. The minimum atomic E-state index is -0.655. The number of nitrogens with zero attached hydrogens (tertiary/aromatic N) is 1. The van der Waals surface area contributed by atoms with Crippen molar-refractivity contribution in [3.05, 3.63) is 39.4 Å². The second-order valence-corrected chi connectivity index (χ2v) is 4.52. The van der Waals surface area contributed by atoms with E-state index in [1.54, 1.807) is 0 Å². The molecular weight excluding hydrogens is 306 g/mol. The van der Waals surface area contributed by atoms with Crippen LogP contribution >= 0.6 is 0 Å². The summed E-state index contributed by atoms with van der Waals surface area (Å²) in [5.74, 6) is -1.03. The van der Waals surface area contributed by atoms with Gasteiger partial charge in [-0.3, -0.25) is 19.7 Å². The standard InChI is InChI=1S/C14H19N3O6/c1-22-5-3-15-13(18)10-7-11(9-12(8-10)17(20)21)14(19)16-4-6-23-2/h7-9H,3-6H2,1-2H3,(H,15,18)(H,16,19). The van der Waals surface area contributed by atoms with E-state index in [4.69, 9.17) is 9.47 Å². The molecule has 0 spiro atoms. The summed E-state index contributed by atoms with van der Waals surface area (Å²) in [7, 11) is 2.98. The smallest absolute Gasteiger partial charge is 0.271 e. The van der Waals surface area contributed by atoms with Crippen LogP contribution in [0.15, 0.2) is 18.2 Å². The first-order chi connectivity index (χ1) is 11.0. The van der Waals surface area contributed by atoms with E-state index in [1.165, 1.54) is 20.3 Å². The summed E-state index contributed by atoms with van der Waals surface area (Å²) in [5.41, 5.74) is -0.263. The van der Waals surface area contributed by atoms with Crippen LogP contribution in [0.1, 0.15) is 20.7 Å². The Hall–Kier alpha value is -2.52. The third-order valence-corrected chi connectivity index (χ3v) is 2.84. The minimum absolute atomic E-state index is 0.0344. The average Bonchev–Trinajstić information content (AvgIpc) is 2.54. The molecule has 0 bridgehead atoms.